The molecule has 0 saturated carbocycles. The molecule has 0 bridgehead atoms. The second-order valence-corrected chi connectivity index (χ2v) is 3.06. The third-order valence-corrected chi connectivity index (χ3v) is 1.91. The fourth-order valence-corrected chi connectivity index (χ4v) is 1.10. The molecule has 1 atom stereocenters. The Kier molecular flexibility index (Phi) is 3.53. The summed E-state index contributed by atoms with van der Waals surface area (Å²) < 4.78 is 0. The van der Waals surface area contributed by atoms with Crippen LogP contribution >= 0.6 is 11.6 Å². The van der Waals surface area contributed by atoms with E-state index in [1.54, 1.807) is 6.92 Å². The Labute approximate surface area is 77.2 Å². The second-order valence-electron chi connectivity index (χ2n) is 2.65. The van der Waals surface area contributed by atoms with Crippen LogP contribution < -0.4 is 5.32 Å². The highest BCUT2D eigenvalue weighted by molar-refractivity contribution is 6.31. The normalized spacial score (nSPS) is 12.9. The molecule has 2 N–H and O–H groups in total. The molecule has 66 valence electrons. The molecule has 1 aromatic carbocycles. The van der Waals surface area contributed by atoms with Gasteiger partial charge in [0.05, 0.1) is 0 Å². The molecule has 0 aliphatic rings. The molecule has 3 heteroatoms. The van der Waals surface area contributed by atoms with E-state index >= 15 is 0 Å². The molecule has 0 amide bonds. The van der Waals surface area contributed by atoms with Gasteiger partial charge in [0.2, 0.25) is 0 Å². The van der Waals surface area contributed by atoms with Gasteiger partial charge >= 0.3 is 0 Å². The first-order chi connectivity index (χ1) is 5.70. The lowest BCUT2D eigenvalue weighted by atomic mass is 10.2. The molecule has 1 rings (SSSR count). The molecule has 0 spiro atoms. The predicted octanol–water partition coefficient (Wildman–Crippen LogP) is 1.77. The first-order valence-electron chi connectivity index (χ1n) is 3.85. The Morgan fingerprint density at radius 2 is 2.17 bits per heavy atom. The minimum absolute atomic E-state index is 0.499. The highest BCUT2D eigenvalue weighted by Gasteiger charge is 1.99. The van der Waals surface area contributed by atoms with E-state index in [9.17, 15) is 0 Å². The van der Waals surface area contributed by atoms with Crippen molar-refractivity contribution >= 4 is 11.6 Å². The average Bonchev–Trinajstić information content (AvgIpc) is 2.03. The topological polar surface area (TPSA) is 32.3 Å². The molecule has 0 fully saturated rings. The van der Waals surface area contributed by atoms with Crippen molar-refractivity contribution in [3.8, 4) is 0 Å². The monoisotopic (exact) mass is 185 g/mol. The second kappa shape index (κ2) is 4.45. The van der Waals surface area contributed by atoms with Gasteiger partial charge in [-0.2, -0.15) is 0 Å². The number of halogens is 1. The Morgan fingerprint density at radius 3 is 2.75 bits per heavy atom. The lowest BCUT2D eigenvalue weighted by Crippen LogP contribution is -2.24. The van der Waals surface area contributed by atoms with Crippen molar-refractivity contribution in [2.75, 3.05) is 0 Å². The van der Waals surface area contributed by atoms with Gasteiger partial charge in [-0.3, -0.25) is 5.32 Å². The summed E-state index contributed by atoms with van der Waals surface area (Å²) in [5, 5.41) is 12.6. The Morgan fingerprint density at radius 1 is 1.50 bits per heavy atom. The summed E-state index contributed by atoms with van der Waals surface area (Å²) in [5.41, 5.74) is 1.00. The number of rotatable bonds is 3. The Bertz CT molecular complexity index is 250. The number of aliphatic hydroxyl groups excluding tert-OH is 1. The van der Waals surface area contributed by atoms with E-state index in [1.807, 2.05) is 24.3 Å². The van der Waals surface area contributed by atoms with E-state index in [1.165, 1.54) is 0 Å². The molecular weight excluding hydrogens is 174 g/mol. The van der Waals surface area contributed by atoms with E-state index in [-0.39, 0.29) is 0 Å². The maximum atomic E-state index is 8.95. The number of aliphatic hydroxyl groups is 1. The minimum Gasteiger partial charge on any atom is -0.379 e. The van der Waals surface area contributed by atoms with Gasteiger partial charge < -0.3 is 5.11 Å². The standard InChI is InChI=1S/C9H12ClNO/c1-7(12)11-6-8-4-2-3-5-9(8)10/h2-5,7,11-12H,6H2,1H3. The van der Waals surface area contributed by atoms with Crippen LogP contribution in [0.1, 0.15) is 12.5 Å². The molecule has 0 aliphatic carbocycles. The molecule has 0 radical (unpaired) electrons. The van der Waals surface area contributed by atoms with Crippen molar-refractivity contribution in [3.63, 3.8) is 0 Å². The van der Waals surface area contributed by atoms with Crippen LogP contribution in [0.25, 0.3) is 0 Å². The van der Waals surface area contributed by atoms with Gasteiger partial charge in [-0.25, -0.2) is 0 Å². The Hall–Kier alpha value is -0.570. The number of hydrogen-bond acceptors (Lipinski definition) is 2. The highest BCUT2D eigenvalue weighted by atomic mass is 35.5. The van der Waals surface area contributed by atoms with Crippen LogP contribution in [-0.2, 0) is 6.54 Å². The van der Waals surface area contributed by atoms with Gasteiger partial charge in [-0.05, 0) is 18.6 Å². The van der Waals surface area contributed by atoms with Crippen molar-refractivity contribution in [3.05, 3.63) is 34.9 Å². The minimum atomic E-state index is -0.499. The zero-order chi connectivity index (χ0) is 8.97. The van der Waals surface area contributed by atoms with Crippen LogP contribution in [-0.4, -0.2) is 11.3 Å². The van der Waals surface area contributed by atoms with Gasteiger partial charge in [0.25, 0.3) is 0 Å². The summed E-state index contributed by atoms with van der Waals surface area (Å²) in [6.45, 7) is 2.27. The lowest BCUT2D eigenvalue weighted by Gasteiger charge is -2.07. The summed E-state index contributed by atoms with van der Waals surface area (Å²) in [4.78, 5) is 0. The van der Waals surface area contributed by atoms with Crippen molar-refractivity contribution in [2.24, 2.45) is 0 Å². The average molecular weight is 186 g/mol. The van der Waals surface area contributed by atoms with Crippen LogP contribution in [0.5, 0.6) is 0 Å². The zero-order valence-electron chi connectivity index (χ0n) is 6.92. The van der Waals surface area contributed by atoms with Crippen LogP contribution in [0, 0.1) is 0 Å². The lowest BCUT2D eigenvalue weighted by molar-refractivity contribution is 0.155. The van der Waals surface area contributed by atoms with E-state index in [0.717, 1.165) is 10.6 Å². The Balaban J connectivity index is 2.57. The molecule has 2 nitrogen and oxygen atoms in total. The van der Waals surface area contributed by atoms with Crippen LogP contribution in [0.2, 0.25) is 5.02 Å². The first-order valence-corrected chi connectivity index (χ1v) is 4.23. The maximum absolute atomic E-state index is 8.95. The summed E-state index contributed by atoms with van der Waals surface area (Å²) in [7, 11) is 0. The molecule has 1 aromatic rings. The highest BCUT2D eigenvalue weighted by Crippen LogP contribution is 2.14. The van der Waals surface area contributed by atoms with Crippen molar-refractivity contribution in [1.29, 1.82) is 0 Å². The molecule has 0 heterocycles. The van der Waals surface area contributed by atoms with Crippen molar-refractivity contribution < 1.29 is 5.11 Å². The summed E-state index contributed by atoms with van der Waals surface area (Å²) in [6, 6.07) is 7.57. The molecule has 1 unspecified atom stereocenters. The quantitative estimate of drug-likeness (QED) is 0.704. The van der Waals surface area contributed by atoms with Crippen LogP contribution in [0.4, 0.5) is 0 Å². The molecule has 12 heavy (non-hydrogen) atoms. The van der Waals surface area contributed by atoms with E-state index in [4.69, 9.17) is 16.7 Å². The summed E-state index contributed by atoms with van der Waals surface area (Å²) >= 11 is 5.89. The molecular formula is C9H12ClNO. The van der Waals surface area contributed by atoms with E-state index in [2.05, 4.69) is 5.32 Å². The fraction of sp³-hybridized carbons (Fsp3) is 0.333. The third kappa shape index (κ3) is 2.81. The number of nitrogens with one attached hydrogen (secondary N) is 1. The summed E-state index contributed by atoms with van der Waals surface area (Å²) in [5.74, 6) is 0. The van der Waals surface area contributed by atoms with Gasteiger partial charge in [0, 0.05) is 11.6 Å². The molecule has 0 aromatic heterocycles. The van der Waals surface area contributed by atoms with E-state index in [0.29, 0.717) is 6.54 Å². The largest absolute Gasteiger partial charge is 0.379 e. The van der Waals surface area contributed by atoms with Crippen LogP contribution in [0.15, 0.2) is 24.3 Å². The van der Waals surface area contributed by atoms with Crippen molar-refractivity contribution in [2.45, 2.75) is 19.7 Å². The SMILES string of the molecule is CC(O)NCc1ccccc1Cl. The van der Waals surface area contributed by atoms with Crippen molar-refractivity contribution in [1.82, 2.24) is 5.32 Å². The van der Waals surface area contributed by atoms with E-state index < -0.39 is 6.23 Å². The maximum Gasteiger partial charge on any atom is 0.102 e. The number of benzene rings is 1. The fourth-order valence-electron chi connectivity index (χ4n) is 0.899. The van der Waals surface area contributed by atoms with Gasteiger partial charge in [-0.15, -0.1) is 0 Å². The molecule has 0 aliphatic heterocycles. The van der Waals surface area contributed by atoms with Gasteiger partial charge in [0.1, 0.15) is 6.23 Å². The van der Waals surface area contributed by atoms with Gasteiger partial charge in [0.15, 0.2) is 0 Å². The predicted molar refractivity (Wildman–Crippen MR) is 50.0 cm³/mol. The molecule has 0 saturated heterocycles. The van der Waals surface area contributed by atoms with Crippen LogP contribution in [0.3, 0.4) is 0 Å². The smallest absolute Gasteiger partial charge is 0.102 e. The zero-order valence-corrected chi connectivity index (χ0v) is 7.67. The summed E-state index contributed by atoms with van der Waals surface area (Å²) in [6.07, 6.45) is -0.499. The van der Waals surface area contributed by atoms with Gasteiger partial charge in [-0.1, -0.05) is 29.8 Å². The third-order valence-electron chi connectivity index (χ3n) is 1.55. The number of hydrogen-bond donors (Lipinski definition) is 2. The first kappa shape index (κ1) is 9.52.